The molecular weight excluding hydrogens is 230 g/mol. The summed E-state index contributed by atoms with van der Waals surface area (Å²) in [5, 5.41) is 3.73. The minimum Gasteiger partial charge on any atom is -0.310 e. The SMILES string of the molecule is CCCc1ccc(C(C)NCC2(C(C)C)CC2)cc1. The molecule has 1 nitrogen and oxygen atoms in total. The molecule has 0 bridgehead atoms. The van der Waals surface area contributed by atoms with Gasteiger partial charge in [-0.05, 0) is 48.6 Å². The van der Waals surface area contributed by atoms with Gasteiger partial charge in [0.25, 0.3) is 0 Å². The van der Waals surface area contributed by atoms with Crippen molar-refractivity contribution >= 4 is 0 Å². The van der Waals surface area contributed by atoms with E-state index < -0.39 is 0 Å². The zero-order valence-electron chi connectivity index (χ0n) is 13.0. The van der Waals surface area contributed by atoms with E-state index >= 15 is 0 Å². The standard InChI is InChI=1S/C18H29N/c1-5-6-16-7-9-17(10-8-16)15(4)19-13-18(11-12-18)14(2)3/h7-10,14-15,19H,5-6,11-13H2,1-4H3. The molecule has 0 heterocycles. The van der Waals surface area contributed by atoms with Gasteiger partial charge < -0.3 is 5.32 Å². The maximum Gasteiger partial charge on any atom is 0.0292 e. The molecule has 19 heavy (non-hydrogen) atoms. The fourth-order valence-corrected chi connectivity index (χ4v) is 2.85. The molecule has 0 spiro atoms. The van der Waals surface area contributed by atoms with Crippen LogP contribution >= 0.6 is 0 Å². The summed E-state index contributed by atoms with van der Waals surface area (Å²) in [6.07, 6.45) is 5.22. The van der Waals surface area contributed by atoms with Crippen LogP contribution in [0.15, 0.2) is 24.3 Å². The molecule has 106 valence electrons. The Labute approximate surface area is 118 Å². The lowest BCUT2D eigenvalue weighted by molar-refractivity contribution is 0.325. The first-order valence-corrected chi connectivity index (χ1v) is 7.89. The second-order valence-electron chi connectivity index (χ2n) is 6.61. The summed E-state index contributed by atoms with van der Waals surface area (Å²) in [5.41, 5.74) is 3.47. The molecule has 1 aliphatic rings. The average Bonchev–Trinajstić information content (AvgIpc) is 3.18. The molecule has 0 radical (unpaired) electrons. The van der Waals surface area contributed by atoms with Crippen LogP contribution in [-0.4, -0.2) is 6.54 Å². The molecule has 1 aliphatic carbocycles. The Morgan fingerprint density at radius 3 is 2.21 bits per heavy atom. The van der Waals surface area contributed by atoms with Gasteiger partial charge in [-0.15, -0.1) is 0 Å². The van der Waals surface area contributed by atoms with Gasteiger partial charge in [0.05, 0.1) is 0 Å². The van der Waals surface area contributed by atoms with Crippen LogP contribution in [0.1, 0.15) is 64.1 Å². The first-order valence-electron chi connectivity index (χ1n) is 7.89. The Morgan fingerprint density at radius 2 is 1.74 bits per heavy atom. The van der Waals surface area contributed by atoms with E-state index in [9.17, 15) is 0 Å². The third-order valence-electron chi connectivity index (χ3n) is 4.90. The summed E-state index contributed by atoms with van der Waals surface area (Å²) in [6, 6.07) is 9.61. The van der Waals surface area contributed by atoms with Gasteiger partial charge in [-0.1, -0.05) is 51.5 Å². The fourth-order valence-electron chi connectivity index (χ4n) is 2.85. The van der Waals surface area contributed by atoms with Crippen molar-refractivity contribution in [3.63, 3.8) is 0 Å². The molecule has 0 saturated heterocycles. The van der Waals surface area contributed by atoms with Crippen molar-refractivity contribution in [1.29, 1.82) is 0 Å². The van der Waals surface area contributed by atoms with Crippen LogP contribution in [0.25, 0.3) is 0 Å². The maximum atomic E-state index is 3.73. The third-order valence-corrected chi connectivity index (χ3v) is 4.90. The fraction of sp³-hybridized carbons (Fsp3) is 0.667. The van der Waals surface area contributed by atoms with E-state index in [0.29, 0.717) is 11.5 Å². The Morgan fingerprint density at radius 1 is 1.11 bits per heavy atom. The van der Waals surface area contributed by atoms with E-state index in [-0.39, 0.29) is 0 Å². The Hall–Kier alpha value is -0.820. The highest BCUT2D eigenvalue weighted by Gasteiger charge is 2.44. The minimum absolute atomic E-state index is 0.465. The Bertz CT molecular complexity index is 387. The second kappa shape index (κ2) is 6.09. The van der Waals surface area contributed by atoms with Gasteiger partial charge >= 0.3 is 0 Å². The molecule has 0 amide bonds. The van der Waals surface area contributed by atoms with E-state index in [4.69, 9.17) is 0 Å². The van der Waals surface area contributed by atoms with Gasteiger partial charge in [0.2, 0.25) is 0 Å². The number of aryl methyl sites for hydroxylation is 1. The van der Waals surface area contributed by atoms with E-state index in [2.05, 4.69) is 57.3 Å². The van der Waals surface area contributed by atoms with Gasteiger partial charge in [-0.3, -0.25) is 0 Å². The maximum absolute atomic E-state index is 3.73. The molecule has 1 heteroatoms. The van der Waals surface area contributed by atoms with Gasteiger partial charge in [-0.2, -0.15) is 0 Å². The van der Waals surface area contributed by atoms with Crippen LogP contribution in [0.3, 0.4) is 0 Å². The van der Waals surface area contributed by atoms with Crippen LogP contribution < -0.4 is 5.32 Å². The molecule has 1 saturated carbocycles. The van der Waals surface area contributed by atoms with Crippen LogP contribution in [0.5, 0.6) is 0 Å². The predicted molar refractivity (Wildman–Crippen MR) is 83.4 cm³/mol. The molecule has 1 unspecified atom stereocenters. The van der Waals surface area contributed by atoms with Crippen molar-refractivity contribution in [2.75, 3.05) is 6.54 Å². The summed E-state index contributed by atoms with van der Waals surface area (Å²) < 4.78 is 0. The molecule has 0 aliphatic heterocycles. The van der Waals surface area contributed by atoms with Crippen molar-refractivity contribution in [3.05, 3.63) is 35.4 Å². The van der Waals surface area contributed by atoms with E-state index in [1.54, 1.807) is 0 Å². The molecular formula is C18H29N. The number of hydrogen-bond acceptors (Lipinski definition) is 1. The van der Waals surface area contributed by atoms with Crippen molar-refractivity contribution in [3.8, 4) is 0 Å². The lowest BCUT2D eigenvalue weighted by Crippen LogP contribution is -2.29. The van der Waals surface area contributed by atoms with Gasteiger partial charge in [0.15, 0.2) is 0 Å². The normalized spacial score (nSPS) is 18.6. The Balaban J connectivity index is 1.87. The second-order valence-corrected chi connectivity index (χ2v) is 6.61. The van der Waals surface area contributed by atoms with Gasteiger partial charge in [-0.25, -0.2) is 0 Å². The molecule has 2 rings (SSSR count). The summed E-state index contributed by atoms with van der Waals surface area (Å²) in [7, 11) is 0. The third kappa shape index (κ3) is 3.60. The highest BCUT2D eigenvalue weighted by Crippen LogP contribution is 2.51. The Kier molecular flexibility index (Phi) is 4.67. The number of hydrogen-bond donors (Lipinski definition) is 1. The van der Waals surface area contributed by atoms with E-state index in [1.165, 1.54) is 43.4 Å². The topological polar surface area (TPSA) is 12.0 Å². The summed E-state index contributed by atoms with van der Waals surface area (Å²) >= 11 is 0. The number of rotatable bonds is 7. The molecule has 1 N–H and O–H groups in total. The predicted octanol–water partition coefficient (Wildman–Crippen LogP) is 4.73. The minimum atomic E-state index is 0.465. The van der Waals surface area contributed by atoms with Crippen molar-refractivity contribution in [1.82, 2.24) is 5.32 Å². The largest absolute Gasteiger partial charge is 0.310 e. The summed E-state index contributed by atoms with van der Waals surface area (Å²) in [5.74, 6) is 0.805. The lowest BCUT2D eigenvalue weighted by Gasteiger charge is -2.23. The van der Waals surface area contributed by atoms with E-state index in [1.807, 2.05) is 0 Å². The average molecular weight is 259 g/mol. The summed E-state index contributed by atoms with van der Waals surface area (Å²) in [4.78, 5) is 0. The molecule has 1 aromatic carbocycles. The first-order chi connectivity index (χ1) is 9.07. The molecule has 0 aromatic heterocycles. The highest BCUT2D eigenvalue weighted by atomic mass is 14.9. The zero-order valence-corrected chi connectivity index (χ0v) is 13.0. The van der Waals surface area contributed by atoms with Crippen molar-refractivity contribution < 1.29 is 0 Å². The zero-order chi connectivity index (χ0) is 13.9. The first kappa shape index (κ1) is 14.6. The van der Waals surface area contributed by atoms with Crippen molar-refractivity contribution in [2.24, 2.45) is 11.3 Å². The van der Waals surface area contributed by atoms with Crippen LogP contribution in [-0.2, 0) is 6.42 Å². The van der Waals surface area contributed by atoms with Gasteiger partial charge in [0.1, 0.15) is 0 Å². The molecule has 1 aromatic rings. The quantitative estimate of drug-likeness (QED) is 0.746. The summed E-state index contributed by atoms with van der Waals surface area (Å²) in [6.45, 7) is 10.4. The van der Waals surface area contributed by atoms with Crippen LogP contribution in [0.2, 0.25) is 0 Å². The number of nitrogens with one attached hydrogen (secondary N) is 1. The van der Waals surface area contributed by atoms with Crippen LogP contribution in [0.4, 0.5) is 0 Å². The molecule has 1 atom stereocenters. The number of benzene rings is 1. The van der Waals surface area contributed by atoms with Crippen LogP contribution in [0, 0.1) is 11.3 Å². The van der Waals surface area contributed by atoms with E-state index in [0.717, 1.165) is 5.92 Å². The molecule has 1 fully saturated rings. The lowest BCUT2D eigenvalue weighted by atomic mass is 9.92. The smallest absolute Gasteiger partial charge is 0.0292 e. The van der Waals surface area contributed by atoms with Gasteiger partial charge in [0, 0.05) is 12.6 Å². The monoisotopic (exact) mass is 259 g/mol. The van der Waals surface area contributed by atoms with Crippen molar-refractivity contribution in [2.45, 2.75) is 59.4 Å². The highest BCUT2D eigenvalue weighted by molar-refractivity contribution is 5.24.